The van der Waals surface area contributed by atoms with Crippen LogP contribution in [0.15, 0.2) is 18.2 Å². The smallest absolute Gasteiger partial charge is 0.335 e. The summed E-state index contributed by atoms with van der Waals surface area (Å²) in [5.74, 6) is -1.26. The summed E-state index contributed by atoms with van der Waals surface area (Å²) < 4.78 is 5.33. The number of methoxy groups -OCH3 is 1. The van der Waals surface area contributed by atoms with Gasteiger partial charge in [0, 0.05) is 13.7 Å². The Morgan fingerprint density at radius 1 is 1.38 bits per heavy atom. The van der Waals surface area contributed by atoms with Crippen LogP contribution in [0.3, 0.4) is 0 Å². The Balaban J connectivity index is 3.22. The molecule has 1 aromatic rings. The molecule has 1 amide bonds. The molecule has 0 saturated carbocycles. The lowest BCUT2D eigenvalue weighted by molar-refractivity contribution is -0.138. The Kier molecular flexibility index (Phi) is 5.32. The number of ether oxygens (including phenoxy) is 1. The number of amides is 1. The lowest BCUT2D eigenvalue weighted by Crippen LogP contribution is -2.48. The van der Waals surface area contributed by atoms with Crippen molar-refractivity contribution in [2.24, 2.45) is 0 Å². The first-order valence-electron chi connectivity index (χ1n) is 6.80. The molecule has 1 atom stereocenters. The second-order valence-corrected chi connectivity index (χ2v) is 4.92. The second-order valence-electron chi connectivity index (χ2n) is 4.92. The lowest BCUT2D eigenvalue weighted by atomic mass is 10.0. The topological polar surface area (TPSA) is 92.9 Å². The molecule has 0 radical (unpaired) electrons. The van der Waals surface area contributed by atoms with E-state index in [0.29, 0.717) is 18.7 Å². The van der Waals surface area contributed by atoms with Crippen molar-refractivity contribution < 1.29 is 19.4 Å². The normalized spacial score (nSPS) is 13.5. The Bertz CT molecular complexity index is 538. The largest absolute Gasteiger partial charge is 0.478 e. The average molecular weight is 294 g/mol. The van der Waals surface area contributed by atoms with E-state index >= 15 is 0 Å². The van der Waals surface area contributed by atoms with Crippen molar-refractivity contribution in [1.29, 1.82) is 0 Å². The molecule has 1 aromatic carbocycles. The van der Waals surface area contributed by atoms with Gasteiger partial charge in [-0.2, -0.15) is 0 Å². The monoisotopic (exact) mass is 294 g/mol. The summed E-state index contributed by atoms with van der Waals surface area (Å²) in [5.41, 5.74) is 5.79. The molecule has 0 spiro atoms. The van der Waals surface area contributed by atoms with Gasteiger partial charge in [0.15, 0.2) is 0 Å². The van der Waals surface area contributed by atoms with E-state index in [0.717, 1.165) is 0 Å². The number of carboxylic acid groups (broad SMARTS) is 1. The molecule has 116 valence electrons. The van der Waals surface area contributed by atoms with Crippen LogP contribution in [0, 0.1) is 0 Å². The number of rotatable bonds is 6. The molecule has 6 heteroatoms. The summed E-state index contributed by atoms with van der Waals surface area (Å²) in [4.78, 5) is 25.1. The minimum absolute atomic E-state index is 0.0877. The number of nitrogens with two attached hydrogens (primary N) is 1. The van der Waals surface area contributed by atoms with Crippen LogP contribution in [0.2, 0.25) is 0 Å². The van der Waals surface area contributed by atoms with Gasteiger partial charge >= 0.3 is 5.97 Å². The summed E-state index contributed by atoms with van der Waals surface area (Å²) in [7, 11) is 1.49. The third-order valence-electron chi connectivity index (χ3n) is 3.70. The summed E-state index contributed by atoms with van der Waals surface area (Å²) in [6, 6.07) is 4.33. The van der Waals surface area contributed by atoms with Gasteiger partial charge < -0.3 is 20.5 Å². The minimum atomic E-state index is -1.06. The van der Waals surface area contributed by atoms with Crippen molar-refractivity contribution in [3.05, 3.63) is 23.8 Å². The molecular weight excluding hydrogens is 272 g/mol. The van der Waals surface area contributed by atoms with Gasteiger partial charge in [-0.15, -0.1) is 0 Å². The molecule has 1 rings (SSSR count). The van der Waals surface area contributed by atoms with Gasteiger partial charge in [-0.05, 0) is 38.5 Å². The van der Waals surface area contributed by atoms with E-state index in [1.54, 1.807) is 13.0 Å². The molecule has 0 saturated heterocycles. The molecule has 0 heterocycles. The molecule has 0 bridgehead atoms. The second kappa shape index (κ2) is 6.58. The number of hydrogen-bond donors (Lipinski definition) is 2. The third-order valence-corrected chi connectivity index (χ3v) is 3.70. The number of anilines is 2. The zero-order valence-electron chi connectivity index (χ0n) is 12.8. The first-order chi connectivity index (χ1) is 9.80. The summed E-state index contributed by atoms with van der Waals surface area (Å²) >= 11 is 0. The lowest BCUT2D eigenvalue weighted by Gasteiger charge is -2.33. The van der Waals surface area contributed by atoms with E-state index in [1.165, 1.54) is 24.1 Å². The molecule has 6 nitrogen and oxygen atoms in total. The van der Waals surface area contributed by atoms with E-state index in [9.17, 15) is 9.59 Å². The fraction of sp³-hybridized carbons (Fsp3) is 0.467. The number of hydrogen-bond acceptors (Lipinski definition) is 4. The predicted molar refractivity (Wildman–Crippen MR) is 81.5 cm³/mol. The Labute approximate surface area is 124 Å². The van der Waals surface area contributed by atoms with Crippen molar-refractivity contribution in [1.82, 2.24) is 0 Å². The van der Waals surface area contributed by atoms with Crippen LogP contribution in [0.1, 0.15) is 37.6 Å². The maximum absolute atomic E-state index is 12.7. The van der Waals surface area contributed by atoms with Crippen LogP contribution in [-0.2, 0) is 9.53 Å². The minimum Gasteiger partial charge on any atom is -0.478 e. The fourth-order valence-corrected chi connectivity index (χ4v) is 2.03. The van der Waals surface area contributed by atoms with Gasteiger partial charge in [-0.25, -0.2) is 4.79 Å². The van der Waals surface area contributed by atoms with E-state index in [4.69, 9.17) is 15.6 Å². The van der Waals surface area contributed by atoms with Crippen molar-refractivity contribution in [2.75, 3.05) is 24.3 Å². The van der Waals surface area contributed by atoms with Crippen LogP contribution in [0.25, 0.3) is 0 Å². The summed E-state index contributed by atoms with van der Waals surface area (Å²) in [5, 5.41) is 8.95. The van der Waals surface area contributed by atoms with E-state index in [-0.39, 0.29) is 17.2 Å². The summed E-state index contributed by atoms with van der Waals surface area (Å²) in [6.45, 7) is 5.83. The first kappa shape index (κ1) is 17.0. The molecule has 0 aliphatic rings. The highest BCUT2D eigenvalue weighted by Crippen LogP contribution is 2.28. The SMILES string of the molecule is CCN(C(=O)C(C)(CC)OC)c1ccc(C(=O)O)cc1N. The zero-order valence-corrected chi connectivity index (χ0v) is 12.8. The third kappa shape index (κ3) is 3.33. The quantitative estimate of drug-likeness (QED) is 0.784. The number of carbonyl (C=O) groups excluding carboxylic acids is 1. The maximum atomic E-state index is 12.7. The van der Waals surface area contributed by atoms with Crippen LogP contribution < -0.4 is 10.6 Å². The van der Waals surface area contributed by atoms with Gasteiger partial charge in [-0.1, -0.05) is 6.92 Å². The maximum Gasteiger partial charge on any atom is 0.335 e. The molecular formula is C15H22N2O4. The van der Waals surface area contributed by atoms with Gasteiger partial charge in [0.25, 0.3) is 5.91 Å². The van der Waals surface area contributed by atoms with Crippen LogP contribution in [0.4, 0.5) is 11.4 Å². The number of carbonyl (C=O) groups is 2. The Morgan fingerprint density at radius 2 is 2.00 bits per heavy atom. The highest BCUT2D eigenvalue weighted by Gasteiger charge is 2.35. The molecule has 3 N–H and O–H groups in total. The average Bonchev–Trinajstić information content (AvgIpc) is 2.48. The molecule has 0 aliphatic carbocycles. The van der Waals surface area contributed by atoms with E-state index < -0.39 is 11.6 Å². The molecule has 1 unspecified atom stereocenters. The number of nitrogens with zero attached hydrogens (tertiary/aromatic N) is 1. The van der Waals surface area contributed by atoms with Gasteiger partial charge in [0.1, 0.15) is 5.60 Å². The van der Waals surface area contributed by atoms with E-state index in [1.807, 2.05) is 13.8 Å². The number of nitrogen functional groups attached to an aromatic ring is 1. The van der Waals surface area contributed by atoms with Gasteiger partial charge in [-0.3, -0.25) is 4.79 Å². The summed E-state index contributed by atoms with van der Waals surface area (Å²) in [6.07, 6.45) is 0.520. The van der Waals surface area contributed by atoms with Crippen LogP contribution >= 0.6 is 0 Å². The molecule has 0 aliphatic heterocycles. The van der Waals surface area contributed by atoms with Crippen molar-refractivity contribution in [2.45, 2.75) is 32.8 Å². The molecule has 21 heavy (non-hydrogen) atoms. The number of benzene rings is 1. The van der Waals surface area contributed by atoms with Crippen LogP contribution in [-0.4, -0.2) is 36.2 Å². The molecule has 0 aromatic heterocycles. The van der Waals surface area contributed by atoms with Gasteiger partial charge in [0.2, 0.25) is 0 Å². The molecule has 0 fully saturated rings. The van der Waals surface area contributed by atoms with Crippen molar-refractivity contribution in [3.8, 4) is 0 Å². The number of likely N-dealkylation sites (N-methyl/N-ethyl adjacent to an activating group) is 1. The first-order valence-corrected chi connectivity index (χ1v) is 6.80. The highest BCUT2D eigenvalue weighted by atomic mass is 16.5. The van der Waals surface area contributed by atoms with Crippen molar-refractivity contribution >= 4 is 23.3 Å². The van der Waals surface area contributed by atoms with Crippen LogP contribution in [0.5, 0.6) is 0 Å². The number of aromatic carboxylic acids is 1. The standard InChI is InChI=1S/C15H22N2O4/c1-5-15(3,21-4)14(20)17(6-2)12-8-7-10(13(18)19)9-11(12)16/h7-9H,5-6,16H2,1-4H3,(H,18,19). The Morgan fingerprint density at radius 3 is 2.38 bits per heavy atom. The van der Waals surface area contributed by atoms with Crippen molar-refractivity contribution in [3.63, 3.8) is 0 Å². The van der Waals surface area contributed by atoms with E-state index in [2.05, 4.69) is 0 Å². The highest BCUT2D eigenvalue weighted by molar-refractivity contribution is 6.02. The predicted octanol–water partition coefficient (Wildman–Crippen LogP) is 2.14. The number of carboxylic acids is 1. The fourth-order valence-electron chi connectivity index (χ4n) is 2.03. The zero-order chi connectivity index (χ0) is 16.2. The Hall–Kier alpha value is -2.08. The van der Waals surface area contributed by atoms with Gasteiger partial charge in [0.05, 0.1) is 16.9 Å².